The number of anilines is 1. The van der Waals surface area contributed by atoms with E-state index in [1.54, 1.807) is 24.5 Å². The molecule has 7 nitrogen and oxygen atoms in total. The van der Waals surface area contributed by atoms with Crippen molar-refractivity contribution >= 4 is 16.7 Å². The van der Waals surface area contributed by atoms with Crippen LogP contribution in [0.2, 0.25) is 0 Å². The SMILES string of the molecule is CO[C@@H](CCc1cccc2c(Oc3ncccc3-c3ccnc(N[C@@H]4CNC[C@@H](F)C4)n3)c(C)ccc12)C(F)(F)F. The second-order valence-electron chi connectivity index (χ2n) is 10.1. The Labute approximate surface area is 235 Å². The summed E-state index contributed by atoms with van der Waals surface area (Å²) in [7, 11) is 1.07. The van der Waals surface area contributed by atoms with Crippen LogP contribution in [0.1, 0.15) is 24.0 Å². The van der Waals surface area contributed by atoms with Crippen LogP contribution in [-0.4, -0.2) is 59.6 Å². The summed E-state index contributed by atoms with van der Waals surface area (Å²) >= 11 is 0. The molecule has 0 saturated carbocycles. The minimum Gasteiger partial charge on any atom is -0.437 e. The first-order chi connectivity index (χ1) is 19.7. The number of nitrogens with one attached hydrogen (secondary N) is 2. The Balaban J connectivity index is 1.43. The number of aryl methyl sites for hydroxylation is 2. The van der Waals surface area contributed by atoms with Crippen LogP contribution >= 0.6 is 0 Å². The van der Waals surface area contributed by atoms with E-state index in [0.29, 0.717) is 48.3 Å². The standard InChI is InChI=1S/C30H31F4N5O2/c1-18-8-10-22-19(9-11-26(40-2)30(32,33)34)5-3-6-23(22)27(18)41-28-24(7-4-13-36-28)25-12-14-37-29(39-25)38-21-15-20(31)16-35-17-21/h3-8,10,12-14,20-21,26,35H,9,11,15-17H2,1-2H3,(H,37,38,39)/t20-,21-,26-/m0/s1. The van der Waals surface area contributed by atoms with E-state index in [2.05, 4.69) is 30.3 Å². The van der Waals surface area contributed by atoms with Gasteiger partial charge in [0.1, 0.15) is 11.9 Å². The lowest BCUT2D eigenvalue weighted by Crippen LogP contribution is -2.44. The third-order valence-corrected chi connectivity index (χ3v) is 7.16. The fraction of sp³-hybridized carbons (Fsp3) is 0.367. The molecule has 2 aromatic carbocycles. The van der Waals surface area contributed by atoms with E-state index in [-0.39, 0.29) is 18.9 Å². The van der Waals surface area contributed by atoms with Crippen LogP contribution in [0.15, 0.2) is 60.9 Å². The minimum absolute atomic E-state index is 0.138. The highest BCUT2D eigenvalue weighted by atomic mass is 19.4. The number of halogens is 4. The molecular weight excluding hydrogens is 538 g/mol. The number of methoxy groups -OCH3 is 1. The van der Waals surface area contributed by atoms with Crippen LogP contribution in [0.5, 0.6) is 11.6 Å². The summed E-state index contributed by atoms with van der Waals surface area (Å²) in [6.07, 6.45) is -3.61. The highest BCUT2D eigenvalue weighted by Gasteiger charge is 2.39. The number of alkyl halides is 4. The van der Waals surface area contributed by atoms with Crippen molar-refractivity contribution in [2.75, 3.05) is 25.5 Å². The normalized spacial score (nSPS) is 18.3. The van der Waals surface area contributed by atoms with Crippen LogP contribution in [0.4, 0.5) is 23.5 Å². The number of nitrogens with zero attached hydrogens (tertiary/aromatic N) is 3. The third kappa shape index (κ3) is 6.74. The first-order valence-corrected chi connectivity index (χ1v) is 13.4. The van der Waals surface area contributed by atoms with Gasteiger partial charge in [0.15, 0.2) is 6.10 Å². The lowest BCUT2D eigenvalue weighted by atomic mass is 9.97. The number of benzene rings is 2. The van der Waals surface area contributed by atoms with E-state index in [9.17, 15) is 17.6 Å². The van der Waals surface area contributed by atoms with E-state index in [1.165, 1.54) is 0 Å². The first-order valence-electron chi connectivity index (χ1n) is 13.4. The summed E-state index contributed by atoms with van der Waals surface area (Å²) in [5.74, 6) is 1.24. The van der Waals surface area contributed by atoms with Gasteiger partial charge in [0.05, 0.1) is 11.3 Å². The molecule has 41 heavy (non-hydrogen) atoms. The maximum Gasteiger partial charge on any atom is 0.414 e. The van der Waals surface area contributed by atoms with Gasteiger partial charge in [0.25, 0.3) is 0 Å². The number of hydrogen-bond donors (Lipinski definition) is 2. The summed E-state index contributed by atoms with van der Waals surface area (Å²) in [6.45, 7) is 2.85. The number of fused-ring (bicyclic) bond motifs is 1. The van der Waals surface area contributed by atoms with Crippen molar-refractivity contribution in [3.63, 3.8) is 0 Å². The molecule has 4 aromatic rings. The fourth-order valence-corrected chi connectivity index (χ4v) is 5.08. The van der Waals surface area contributed by atoms with Crippen LogP contribution in [0.3, 0.4) is 0 Å². The third-order valence-electron chi connectivity index (χ3n) is 7.16. The molecule has 11 heteroatoms. The van der Waals surface area contributed by atoms with Crippen LogP contribution < -0.4 is 15.4 Å². The van der Waals surface area contributed by atoms with E-state index in [0.717, 1.165) is 29.0 Å². The molecule has 1 aliphatic rings. The predicted octanol–water partition coefficient (Wildman–Crippen LogP) is 6.41. The van der Waals surface area contributed by atoms with E-state index < -0.39 is 18.5 Å². The molecule has 5 rings (SSSR count). The van der Waals surface area contributed by atoms with Gasteiger partial charge in [-0.1, -0.05) is 30.3 Å². The number of pyridine rings is 1. The minimum atomic E-state index is -4.43. The lowest BCUT2D eigenvalue weighted by Gasteiger charge is -2.26. The van der Waals surface area contributed by atoms with Crippen molar-refractivity contribution in [1.29, 1.82) is 0 Å². The van der Waals surface area contributed by atoms with Crippen LogP contribution in [0.25, 0.3) is 22.0 Å². The van der Waals surface area contributed by atoms with Gasteiger partial charge in [-0.25, -0.2) is 19.3 Å². The van der Waals surface area contributed by atoms with Gasteiger partial charge >= 0.3 is 6.18 Å². The predicted molar refractivity (Wildman–Crippen MR) is 149 cm³/mol. The molecule has 0 bridgehead atoms. The van der Waals surface area contributed by atoms with Gasteiger partial charge in [0, 0.05) is 50.4 Å². The molecule has 1 fully saturated rings. The number of ether oxygens (including phenoxy) is 2. The highest BCUT2D eigenvalue weighted by Crippen LogP contribution is 2.38. The average molecular weight is 570 g/mol. The maximum absolute atomic E-state index is 13.8. The Kier molecular flexibility index (Phi) is 8.65. The Morgan fingerprint density at radius 2 is 1.88 bits per heavy atom. The van der Waals surface area contributed by atoms with Gasteiger partial charge in [-0.05, 0) is 54.5 Å². The molecule has 0 spiro atoms. The van der Waals surface area contributed by atoms with Crippen LogP contribution in [0, 0.1) is 6.92 Å². The van der Waals surface area contributed by atoms with Gasteiger partial charge in [0.2, 0.25) is 11.8 Å². The smallest absolute Gasteiger partial charge is 0.414 e. The van der Waals surface area contributed by atoms with Gasteiger partial charge in [-0.2, -0.15) is 13.2 Å². The quantitative estimate of drug-likeness (QED) is 0.225. The van der Waals surface area contributed by atoms with E-state index in [1.807, 2.05) is 43.3 Å². The summed E-state index contributed by atoms with van der Waals surface area (Å²) in [4.78, 5) is 13.4. The molecule has 2 aromatic heterocycles. The Hall–Kier alpha value is -3.83. The molecule has 0 unspecified atom stereocenters. The van der Waals surface area contributed by atoms with E-state index in [4.69, 9.17) is 4.74 Å². The molecular formula is C30H31F4N5O2. The average Bonchev–Trinajstić information content (AvgIpc) is 2.94. The second-order valence-corrected chi connectivity index (χ2v) is 10.1. The highest BCUT2D eigenvalue weighted by molar-refractivity contribution is 5.92. The Bertz CT molecular complexity index is 1500. The second kappa shape index (κ2) is 12.4. The van der Waals surface area contributed by atoms with Crippen molar-refractivity contribution in [1.82, 2.24) is 20.3 Å². The summed E-state index contributed by atoms with van der Waals surface area (Å²) in [5, 5.41) is 7.81. The Morgan fingerprint density at radius 3 is 2.66 bits per heavy atom. The summed E-state index contributed by atoms with van der Waals surface area (Å²) in [6, 6.07) is 14.5. The zero-order valence-electron chi connectivity index (χ0n) is 22.7. The van der Waals surface area contributed by atoms with Crippen molar-refractivity contribution in [3.05, 3.63) is 72.1 Å². The molecule has 3 atom stereocenters. The molecule has 1 saturated heterocycles. The maximum atomic E-state index is 13.8. The van der Waals surface area contributed by atoms with Crippen LogP contribution in [-0.2, 0) is 11.2 Å². The van der Waals surface area contributed by atoms with Crippen molar-refractivity contribution in [2.45, 2.75) is 50.7 Å². The molecule has 0 aliphatic carbocycles. The largest absolute Gasteiger partial charge is 0.437 e. The monoisotopic (exact) mass is 569 g/mol. The lowest BCUT2D eigenvalue weighted by molar-refractivity contribution is -0.214. The molecule has 0 radical (unpaired) electrons. The van der Waals surface area contributed by atoms with Gasteiger partial charge < -0.3 is 20.1 Å². The first kappa shape index (κ1) is 28.7. The van der Waals surface area contributed by atoms with Gasteiger partial charge in [-0.3, -0.25) is 0 Å². The number of piperidine rings is 1. The number of hydrogen-bond acceptors (Lipinski definition) is 7. The molecule has 2 N–H and O–H groups in total. The molecule has 3 heterocycles. The van der Waals surface area contributed by atoms with Crippen molar-refractivity contribution in [3.8, 4) is 22.9 Å². The van der Waals surface area contributed by atoms with Gasteiger partial charge in [-0.15, -0.1) is 0 Å². The van der Waals surface area contributed by atoms with E-state index >= 15 is 0 Å². The Morgan fingerprint density at radius 1 is 1.02 bits per heavy atom. The van der Waals surface area contributed by atoms with Crippen molar-refractivity contribution < 1.29 is 27.0 Å². The molecule has 216 valence electrons. The summed E-state index contributed by atoms with van der Waals surface area (Å²) < 4.78 is 64.7. The number of aromatic nitrogens is 3. The zero-order chi connectivity index (χ0) is 29.0. The number of rotatable bonds is 9. The molecule has 1 aliphatic heterocycles. The molecule has 0 amide bonds. The summed E-state index contributed by atoms with van der Waals surface area (Å²) in [5.41, 5.74) is 2.80. The topological polar surface area (TPSA) is 81.2 Å². The zero-order valence-corrected chi connectivity index (χ0v) is 22.7. The van der Waals surface area contributed by atoms with Crippen molar-refractivity contribution in [2.24, 2.45) is 0 Å². The fourth-order valence-electron chi connectivity index (χ4n) is 5.08.